The van der Waals surface area contributed by atoms with Crippen LogP contribution in [0.3, 0.4) is 0 Å². The minimum atomic E-state index is -0.0339. The third-order valence-corrected chi connectivity index (χ3v) is 5.84. The van der Waals surface area contributed by atoms with Gasteiger partial charge in [0, 0.05) is 38.4 Å². The number of urea groups is 1. The summed E-state index contributed by atoms with van der Waals surface area (Å²) in [7, 11) is 0. The fourth-order valence-electron chi connectivity index (χ4n) is 4.25. The number of amides is 2. The van der Waals surface area contributed by atoms with Crippen LogP contribution in [0.25, 0.3) is 22.3 Å². The van der Waals surface area contributed by atoms with Crippen LogP contribution in [0, 0.1) is 5.92 Å². The van der Waals surface area contributed by atoms with Crippen molar-refractivity contribution in [2.75, 3.05) is 13.1 Å². The van der Waals surface area contributed by atoms with Gasteiger partial charge in [-0.25, -0.2) is 9.78 Å². The molecular formula is C24H24N6O2. The largest absolute Gasteiger partial charge is 0.339 e. The molecule has 2 aromatic carbocycles. The number of likely N-dealkylation sites (tertiary alicyclic amines) is 1. The van der Waals surface area contributed by atoms with Crippen molar-refractivity contribution in [3.63, 3.8) is 0 Å². The van der Waals surface area contributed by atoms with Gasteiger partial charge < -0.3 is 14.7 Å². The van der Waals surface area contributed by atoms with E-state index in [-0.39, 0.29) is 11.9 Å². The lowest BCUT2D eigenvalue weighted by Crippen LogP contribution is -2.45. The number of carbonyl (C=O) groups excluding carboxylic acids is 1. The molecule has 2 aromatic heterocycles. The molecule has 0 saturated carbocycles. The van der Waals surface area contributed by atoms with Gasteiger partial charge in [-0.3, -0.25) is 4.98 Å². The number of rotatable bonds is 5. The molecule has 3 heterocycles. The molecule has 1 aliphatic rings. The van der Waals surface area contributed by atoms with Crippen LogP contribution < -0.4 is 5.32 Å². The first-order valence-electron chi connectivity index (χ1n) is 10.8. The zero-order valence-electron chi connectivity index (χ0n) is 17.6. The van der Waals surface area contributed by atoms with Crippen molar-refractivity contribution in [2.24, 2.45) is 5.92 Å². The summed E-state index contributed by atoms with van der Waals surface area (Å²) < 4.78 is 5.42. The van der Waals surface area contributed by atoms with Gasteiger partial charge in [0.2, 0.25) is 11.7 Å². The van der Waals surface area contributed by atoms with E-state index in [2.05, 4.69) is 49.7 Å². The average Bonchev–Trinajstić information content (AvgIpc) is 3.31. The normalized spacial score (nSPS) is 16.2. The molecule has 5 rings (SSSR count). The van der Waals surface area contributed by atoms with E-state index in [1.807, 2.05) is 23.1 Å². The Morgan fingerprint density at radius 2 is 2.06 bits per heavy atom. The van der Waals surface area contributed by atoms with Crippen LogP contribution in [0.15, 0.2) is 65.6 Å². The van der Waals surface area contributed by atoms with Crippen molar-refractivity contribution < 1.29 is 9.32 Å². The highest BCUT2D eigenvalue weighted by atomic mass is 16.5. The number of nitrogens with zero attached hydrogens (tertiary/aromatic N) is 5. The molecule has 1 unspecified atom stereocenters. The summed E-state index contributed by atoms with van der Waals surface area (Å²) in [6.07, 6.45) is 7.43. The molecule has 8 nitrogen and oxygen atoms in total. The van der Waals surface area contributed by atoms with Gasteiger partial charge in [-0.05, 0) is 35.1 Å². The highest BCUT2D eigenvalue weighted by Crippen LogP contribution is 2.22. The molecule has 4 aromatic rings. The van der Waals surface area contributed by atoms with Gasteiger partial charge in [-0.2, -0.15) is 4.98 Å². The van der Waals surface area contributed by atoms with Crippen LogP contribution in [0.4, 0.5) is 4.79 Å². The molecule has 32 heavy (non-hydrogen) atoms. The fourth-order valence-corrected chi connectivity index (χ4v) is 4.25. The minimum absolute atomic E-state index is 0.0339. The van der Waals surface area contributed by atoms with Crippen molar-refractivity contribution in [3.8, 4) is 11.5 Å². The van der Waals surface area contributed by atoms with Gasteiger partial charge in [0.05, 0.1) is 6.20 Å². The smallest absolute Gasteiger partial charge is 0.317 e. The van der Waals surface area contributed by atoms with E-state index in [9.17, 15) is 4.79 Å². The number of piperidine rings is 1. The van der Waals surface area contributed by atoms with E-state index in [4.69, 9.17) is 4.52 Å². The number of hydrogen-bond acceptors (Lipinski definition) is 6. The van der Waals surface area contributed by atoms with Gasteiger partial charge in [-0.15, -0.1) is 0 Å². The Morgan fingerprint density at radius 1 is 1.16 bits per heavy atom. The van der Waals surface area contributed by atoms with Gasteiger partial charge in [-0.1, -0.05) is 47.6 Å². The summed E-state index contributed by atoms with van der Waals surface area (Å²) in [6, 6.07) is 14.4. The second kappa shape index (κ2) is 9.13. The van der Waals surface area contributed by atoms with Crippen LogP contribution in [-0.2, 0) is 13.0 Å². The summed E-state index contributed by atoms with van der Waals surface area (Å²) in [5.41, 5.74) is 1.70. The molecular weight excluding hydrogens is 404 g/mol. The van der Waals surface area contributed by atoms with Gasteiger partial charge in [0.1, 0.15) is 5.69 Å². The minimum Gasteiger partial charge on any atom is -0.339 e. The predicted molar refractivity (Wildman–Crippen MR) is 120 cm³/mol. The Balaban J connectivity index is 1.19. The molecule has 2 amide bonds. The van der Waals surface area contributed by atoms with Gasteiger partial charge >= 0.3 is 6.03 Å². The number of hydrogen-bond donors (Lipinski definition) is 1. The number of aromatic nitrogens is 4. The summed E-state index contributed by atoms with van der Waals surface area (Å²) in [6.45, 7) is 1.93. The highest BCUT2D eigenvalue weighted by Gasteiger charge is 2.25. The van der Waals surface area contributed by atoms with Crippen LogP contribution in [0.5, 0.6) is 0 Å². The lowest BCUT2D eigenvalue weighted by atomic mass is 9.95. The monoisotopic (exact) mass is 428 g/mol. The summed E-state index contributed by atoms with van der Waals surface area (Å²) in [5, 5.41) is 9.45. The quantitative estimate of drug-likeness (QED) is 0.519. The molecule has 0 bridgehead atoms. The van der Waals surface area contributed by atoms with E-state index < -0.39 is 0 Å². The summed E-state index contributed by atoms with van der Waals surface area (Å²) >= 11 is 0. The van der Waals surface area contributed by atoms with E-state index in [0.717, 1.165) is 24.9 Å². The second-order valence-electron chi connectivity index (χ2n) is 8.06. The van der Waals surface area contributed by atoms with Crippen LogP contribution in [0.2, 0.25) is 0 Å². The molecule has 1 atom stereocenters. The zero-order chi connectivity index (χ0) is 21.8. The Kier molecular flexibility index (Phi) is 5.74. The molecule has 1 fully saturated rings. The van der Waals surface area contributed by atoms with E-state index >= 15 is 0 Å². The second-order valence-corrected chi connectivity index (χ2v) is 8.06. The predicted octanol–water partition coefficient (Wildman–Crippen LogP) is 3.84. The summed E-state index contributed by atoms with van der Waals surface area (Å²) in [5.74, 6) is 1.28. The molecule has 0 spiro atoms. The lowest BCUT2D eigenvalue weighted by Gasteiger charge is -2.32. The summed E-state index contributed by atoms with van der Waals surface area (Å²) in [4.78, 5) is 27.4. The maximum absolute atomic E-state index is 12.8. The molecule has 8 heteroatoms. The lowest BCUT2D eigenvalue weighted by molar-refractivity contribution is 0.161. The van der Waals surface area contributed by atoms with Crippen molar-refractivity contribution in [3.05, 3.63) is 72.5 Å². The van der Waals surface area contributed by atoms with Crippen molar-refractivity contribution in [1.29, 1.82) is 0 Å². The van der Waals surface area contributed by atoms with Crippen LogP contribution >= 0.6 is 0 Å². The van der Waals surface area contributed by atoms with Crippen LogP contribution in [0.1, 0.15) is 24.3 Å². The van der Waals surface area contributed by atoms with E-state index in [1.54, 1.807) is 18.6 Å². The van der Waals surface area contributed by atoms with Gasteiger partial charge in [0.15, 0.2) is 0 Å². The standard InChI is InChI=1S/C24H24N6O2/c31-24(27-14-19-8-3-7-18-6-1-2-9-20(18)19)30-12-4-5-17(16-30)13-22-28-23(29-32-22)21-15-25-10-11-26-21/h1-3,6-11,15,17H,4-5,12-14,16H2,(H,27,31). The Morgan fingerprint density at radius 3 is 2.97 bits per heavy atom. The molecule has 1 saturated heterocycles. The zero-order valence-corrected chi connectivity index (χ0v) is 17.6. The first-order chi connectivity index (χ1) is 15.8. The van der Waals surface area contributed by atoms with Crippen molar-refractivity contribution >= 4 is 16.8 Å². The first-order valence-corrected chi connectivity index (χ1v) is 10.8. The van der Waals surface area contributed by atoms with E-state index in [1.165, 1.54) is 10.8 Å². The maximum Gasteiger partial charge on any atom is 0.317 e. The van der Waals surface area contributed by atoms with Crippen LogP contribution in [-0.4, -0.2) is 44.1 Å². The molecule has 0 aliphatic carbocycles. The SMILES string of the molecule is O=C(NCc1cccc2ccccc12)N1CCCC(Cc2nc(-c3cnccn3)no2)C1. The maximum atomic E-state index is 12.8. The number of benzene rings is 2. The van der Waals surface area contributed by atoms with Crippen molar-refractivity contribution in [2.45, 2.75) is 25.8 Å². The number of carbonyl (C=O) groups is 1. The molecule has 1 aliphatic heterocycles. The first kappa shape index (κ1) is 20.1. The third-order valence-electron chi connectivity index (χ3n) is 5.84. The number of fused-ring (bicyclic) bond motifs is 1. The van der Waals surface area contributed by atoms with E-state index in [0.29, 0.717) is 36.9 Å². The Bertz CT molecular complexity index is 1200. The fraction of sp³-hybridized carbons (Fsp3) is 0.292. The molecule has 0 radical (unpaired) electrons. The van der Waals surface area contributed by atoms with Crippen molar-refractivity contribution in [1.82, 2.24) is 30.3 Å². The Labute approximate surface area is 185 Å². The topological polar surface area (TPSA) is 97.0 Å². The Hall–Kier alpha value is -3.81. The third kappa shape index (κ3) is 4.44. The highest BCUT2D eigenvalue weighted by molar-refractivity contribution is 5.86. The number of nitrogens with one attached hydrogen (secondary N) is 1. The van der Waals surface area contributed by atoms with Gasteiger partial charge in [0.25, 0.3) is 0 Å². The average molecular weight is 428 g/mol. The molecule has 162 valence electrons. The molecule has 1 N–H and O–H groups in total.